The highest BCUT2D eigenvalue weighted by Gasteiger charge is 2.37. The molecule has 3 heteroatoms. The van der Waals surface area contributed by atoms with Crippen molar-refractivity contribution in [2.24, 2.45) is 5.41 Å². The molecule has 0 N–H and O–H groups in total. The second-order valence-electron chi connectivity index (χ2n) is 6.44. The lowest BCUT2D eigenvalue weighted by atomic mass is 9.84. The van der Waals surface area contributed by atoms with Crippen molar-refractivity contribution in [3.63, 3.8) is 0 Å². The van der Waals surface area contributed by atoms with E-state index in [1.54, 1.807) is 0 Å². The molecule has 1 heterocycles. The van der Waals surface area contributed by atoms with Crippen LogP contribution >= 0.6 is 0 Å². The summed E-state index contributed by atoms with van der Waals surface area (Å²) in [4.78, 5) is 10.6. The Hall–Kier alpha value is -1.34. The van der Waals surface area contributed by atoms with E-state index in [1.165, 1.54) is 24.8 Å². The molecule has 1 fully saturated rings. The van der Waals surface area contributed by atoms with Crippen molar-refractivity contribution < 1.29 is 14.5 Å². The van der Waals surface area contributed by atoms with Crippen LogP contribution in [0.3, 0.4) is 0 Å². The Bertz CT molecular complexity index is 477. The number of ether oxygens (including phenoxy) is 1. The zero-order valence-electron chi connectivity index (χ0n) is 14.2. The third-order valence-corrected chi connectivity index (χ3v) is 4.58. The van der Waals surface area contributed by atoms with Gasteiger partial charge in [-0.15, -0.1) is 6.42 Å². The van der Waals surface area contributed by atoms with Gasteiger partial charge in [0.15, 0.2) is 0 Å². The predicted molar refractivity (Wildman–Crippen MR) is 92.0 cm³/mol. The lowest BCUT2D eigenvalue weighted by Gasteiger charge is -2.39. The predicted octanol–water partition coefficient (Wildman–Crippen LogP) is 4.15. The third-order valence-electron chi connectivity index (χ3n) is 4.58. The fraction of sp³-hybridized carbons (Fsp3) is 0.600. The van der Waals surface area contributed by atoms with Crippen molar-refractivity contribution in [1.29, 1.82) is 0 Å². The van der Waals surface area contributed by atoms with E-state index in [4.69, 9.17) is 20.9 Å². The summed E-state index contributed by atoms with van der Waals surface area (Å²) in [6.45, 7) is 5.10. The summed E-state index contributed by atoms with van der Waals surface area (Å²) in [7, 11) is 0. The summed E-state index contributed by atoms with van der Waals surface area (Å²) in [5, 5.41) is 0. The Morgan fingerprint density at radius 2 is 1.83 bits per heavy atom. The summed E-state index contributed by atoms with van der Waals surface area (Å²) in [5.74, 6) is 2.64. The normalized spacial score (nSPS) is 15.8. The zero-order chi connectivity index (χ0) is 16.4. The summed E-state index contributed by atoms with van der Waals surface area (Å²) < 4.78 is 5.26. The van der Waals surface area contributed by atoms with Crippen LogP contribution in [0.5, 0.6) is 0 Å². The van der Waals surface area contributed by atoms with Crippen molar-refractivity contribution in [2.45, 2.75) is 45.4 Å². The summed E-state index contributed by atoms with van der Waals surface area (Å²) in [6, 6.07) is 8.27. The third kappa shape index (κ3) is 5.99. The van der Waals surface area contributed by atoms with Gasteiger partial charge in [0, 0.05) is 11.0 Å². The Morgan fingerprint density at radius 3 is 2.43 bits per heavy atom. The van der Waals surface area contributed by atoms with Crippen molar-refractivity contribution in [2.75, 3.05) is 26.4 Å². The molecule has 1 aromatic rings. The van der Waals surface area contributed by atoms with Crippen LogP contribution < -0.4 is 0 Å². The number of terminal acetylenes is 1. The molecule has 0 spiro atoms. The van der Waals surface area contributed by atoms with E-state index in [0.29, 0.717) is 13.2 Å². The second-order valence-corrected chi connectivity index (χ2v) is 6.44. The Morgan fingerprint density at radius 1 is 1.09 bits per heavy atom. The average Bonchev–Trinajstić information content (AvgIpc) is 2.56. The van der Waals surface area contributed by atoms with Crippen LogP contribution in [-0.4, -0.2) is 26.4 Å². The van der Waals surface area contributed by atoms with Crippen molar-refractivity contribution in [3.05, 3.63) is 35.4 Å². The van der Waals surface area contributed by atoms with E-state index >= 15 is 0 Å². The first-order valence-corrected chi connectivity index (χ1v) is 8.66. The number of benzene rings is 1. The smallest absolute Gasteiger partial charge is 0.0922 e. The molecule has 3 nitrogen and oxygen atoms in total. The van der Waals surface area contributed by atoms with Gasteiger partial charge in [-0.1, -0.05) is 37.8 Å². The fourth-order valence-electron chi connectivity index (χ4n) is 2.62. The van der Waals surface area contributed by atoms with Gasteiger partial charge in [-0.3, -0.25) is 0 Å². The van der Waals surface area contributed by atoms with E-state index in [2.05, 4.69) is 25.0 Å². The molecular formula is C20H28O3. The van der Waals surface area contributed by atoms with Gasteiger partial charge in [-0.05, 0) is 43.4 Å². The van der Waals surface area contributed by atoms with E-state index in [0.717, 1.165) is 38.0 Å². The first-order chi connectivity index (χ1) is 11.3. The zero-order valence-corrected chi connectivity index (χ0v) is 14.2. The van der Waals surface area contributed by atoms with Crippen molar-refractivity contribution in [3.8, 4) is 12.3 Å². The van der Waals surface area contributed by atoms with Crippen LogP contribution in [0.15, 0.2) is 24.3 Å². The first-order valence-electron chi connectivity index (χ1n) is 8.66. The minimum atomic E-state index is 0.203. The van der Waals surface area contributed by atoms with Gasteiger partial charge in [0.2, 0.25) is 0 Å². The summed E-state index contributed by atoms with van der Waals surface area (Å²) in [6.07, 6.45) is 12.2. The van der Waals surface area contributed by atoms with E-state index in [-0.39, 0.29) is 5.41 Å². The van der Waals surface area contributed by atoms with Crippen LogP contribution in [0.4, 0.5) is 0 Å². The molecule has 2 rings (SSSR count). The lowest BCUT2D eigenvalue weighted by molar-refractivity contribution is -0.328. The highest BCUT2D eigenvalue weighted by Crippen LogP contribution is 2.31. The molecule has 0 amide bonds. The van der Waals surface area contributed by atoms with Crippen LogP contribution in [0, 0.1) is 17.8 Å². The number of unbranched alkanes of at least 4 members (excludes halogenated alkanes) is 3. The van der Waals surface area contributed by atoms with Crippen molar-refractivity contribution in [1.82, 2.24) is 0 Å². The van der Waals surface area contributed by atoms with Crippen LogP contribution in [0.25, 0.3) is 0 Å². The SMILES string of the molecule is C#Cc1ccc(CCCCCCOOCC2(CC)COC2)cc1. The Balaban J connectivity index is 1.43. The van der Waals surface area contributed by atoms with Crippen LogP contribution in [0.2, 0.25) is 0 Å². The van der Waals surface area contributed by atoms with Gasteiger partial charge in [-0.25, -0.2) is 9.78 Å². The molecule has 0 aromatic heterocycles. The van der Waals surface area contributed by atoms with Crippen LogP contribution in [-0.2, 0) is 20.9 Å². The molecule has 1 aliphatic heterocycles. The van der Waals surface area contributed by atoms with Gasteiger partial charge in [0.25, 0.3) is 0 Å². The molecule has 0 unspecified atom stereocenters. The highest BCUT2D eigenvalue weighted by atomic mass is 17.2. The molecule has 0 saturated carbocycles. The molecule has 0 aliphatic carbocycles. The van der Waals surface area contributed by atoms with Gasteiger partial charge < -0.3 is 4.74 Å². The first kappa shape index (κ1) is 18.0. The average molecular weight is 316 g/mol. The van der Waals surface area contributed by atoms with Gasteiger partial charge in [0.1, 0.15) is 0 Å². The highest BCUT2D eigenvalue weighted by molar-refractivity contribution is 5.34. The maximum absolute atomic E-state index is 5.35. The molecule has 1 saturated heterocycles. The van der Waals surface area contributed by atoms with E-state index in [1.807, 2.05) is 12.1 Å². The largest absolute Gasteiger partial charge is 0.380 e. The van der Waals surface area contributed by atoms with Gasteiger partial charge in [-0.2, -0.15) is 0 Å². The maximum atomic E-state index is 5.35. The molecule has 23 heavy (non-hydrogen) atoms. The monoisotopic (exact) mass is 316 g/mol. The van der Waals surface area contributed by atoms with Crippen LogP contribution in [0.1, 0.15) is 50.2 Å². The quantitative estimate of drug-likeness (QED) is 0.266. The second kappa shape index (κ2) is 9.72. The minimum absolute atomic E-state index is 0.203. The topological polar surface area (TPSA) is 27.7 Å². The minimum Gasteiger partial charge on any atom is -0.380 e. The van der Waals surface area contributed by atoms with Gasteiger partial charge in [0.05, 0.1) is 26.4 Å². The standard InChI is InChI=1S/C20H28O3/c1-3-18-10-12-19(13-11-18)9-7-5-6-8-14-22-23-17-20(4-2)15-21-16-20/h1,10-13H,4-9,14-17H2,2H3. The number of rotatable bonds is 11. The van der Waals surface area contributed by atoms with E-state index in [9.17, 15) is 0 Å². The van der Waals surface area contributed by atoms with Crippen molar-refractivity contribution >= 4 is 0 Å². The lowest BCUT2D eigenvalue weighted by Crippen LogP contribution is -2.45. The van der Waals surface area contributed by atoms with E-state index < -0.39 is 0 Å². The Labute approximate surface area is 140 Å². The molecule has 0 radical (unpaired) electrons. The summed E-state index contributed by atoms with van der Waals surface area (Å²) in [5.41, 5.74) is 2.51. The van der Waals surface area contributed by atoms with Gasteiger partial charge >= 0.3 is 0 Å². The summed E-state index contributed by atoms with van der Waals surface area (Å²) >= 11 is 0. The molecule has 1 aliphatic rings. The molecule has 0 atom stereocenters. The molecule has 126 valence electrons. The Kier molecular flexibility index (Phi) is 7.61. The number of aryl methyl sites for hydroxylation is 1. The fourth-order valence-corrected chi connectivity index (χ4v) is 2.62. The molecule has 0 bridgehead atoms. The maximum Gasteiger partial charge on any atom is 0.0922 e. The molecular weight excluding hydrogens is 288 g/mol. The number of hydrogen-bond acceptors (Lipinski definition) is 3. The number of hydrogen-bond donors (Lipinski definition) is 0. The molecule has 1 aromatic carbocycles.